The number of hydrogen-bond acceptors (Lipinski definition) is 4. The molecule has 0 saturated heterocycles. The molecule has 3 aromatic rings. The number of rotatable bonds is 4. The Balaban J connectivity index is 1.68. The largest absolute Gasteiger partial charge is 0.325 e. The maximum atomic E-state index is 12.6. The van der Waals surface area contributed by atoms with E-state index in [1.165, 1.54) is 0 Å². The predicted octanol–water partition coefficient (Wildman–Crippen LogP) is 5.27. The van der Waals surface area contributed by atoms with Crippen LogP contribution in [0.15, 0.2) is 42.5 Å². The van der Waals surface area contributed by atoms with Crippen molar-refractivity contribution in [2.45, 2.75) is 27.7 Å². The topological polar surface area (TPSA) is 83.1 Å². The van der Waals surface area contributed by atoms with Crippen LogP contribution in [0.4, 0.5) is 21.3 Å². The van der Waals surface area contributed by atoms with Crippen LogP contribution in [0, 0.1) is 27.7 Å². The SMILES string of the molecule is Cc1cccc(NC(=O)Nc2nc(C)c(C(=O)Nc3cc(C)cc(C)c3)s2)c1. The highest BCUT2D eigenvalue weighted by atomic mass is 32.1. The molecule has 3 N–H and O–H groups in total. The van der Waals surface area contributed by atoms with Crippen molar-refractivity contribution in [1.29, 1.82) is 0 Å². The molecule has 6 nitrogen and oxygen atoms in total. The first kappa shape index (κ1) is 19.6. The van der Waals surface area contributed by atoms with Crippen LogP contribution in [0.1, 0.15) is 32.1 Å². The second-order valence-electron chi connectivity index (χ2n) is 6.71. The lowest BCUT2D eigenvalue weighted by atomic mass is 10.1. The van der Waals surface area contributed by atoms with E-state index in [1.54, 1.807) is 6.92 Å². The summed E-state index contributed by atoms with van der Waals surface area (Å²) in [6.45, 7) is 7.66. The Morgan fingerprint density at radius 2 is 1.50 bits per heavy atom. The number of urea groups is 1. The van der Waals surface area contributed by atoms with Gasteiger partial charge in [-0.25, -0.2) is 9.78 Å². The molecule has 0 saturated carbocycles. The summed E-state index contributed by atoms with van der Waals surface area (Å²) in [5, 5.41) is 8.71. The van der Waals surface area contributed by atoms with Crippen molar-refractivity contribution in [3.63, 3.8) is 0 Å². The summed E-state index contributed by atoms with van der Waals surface area (Å²) >= 11 is 1.14. The number of benzene rings is 2. The molecule has 2 aromatic carbocycles. The number of amides is 3. The van der Waals surface area contributed by atoms with E-state index in [1.807, 2.05) is 63.2 Å². The fourth-order valence-electron chi connectivity index (χ4n) is 2.88. The second-order valence-corrected chi connectivity index (χ2v) is 7.71. The third-order valence-electron chi connectivity index (χ3n) is 3.98. The lowest BCUT2D eigenvalue weighted by Crippen LogP contribution is -2.19. The minimum absolute atomic E-state index is 0.243. The van der Waals surface area contributed by atoms with E-state index >= 15 is 0 Å². The number of thiazole rings is 1. The maximum Gasteiger partial charge on any atom is 0.325 e. The molecule has 0 bridgehead atoms. The average molecular weight is 395 g/mol. The maximum absolute atomic E-state index is 12.6. The Labute approximate surface area is 168 Å². The molecule has 0 fully saturated rings. The van der Waals surface area contributed by atoms with E-state index in [4.69, 9.17) is 0 Å². The molecular weight excluding hydrogens is 372 g/mol. The number of carbonyl (C=O) groups is 2. The van der Waals surface area contributed by atoms with Crippen LogP contribution >= 0.6 is 11.3 Å². The van der Waals surface area contributed by atoms with Crippen molar-refractivity contribution >= 4 is 39.8 Å². The smallest absolute Gasteiger partial charge is 0.321 e. The van der Waals surface area contributed by atoms with E-state index in [0.717, 1.165) is 33.7 Å². The molecule has 0 aliphatic heterocycles. The molecule has 0 aliphatic rings. The molecule has 28 heavy (non-hydrogen) atoms. The van der Waals surface area contributed by atoms with E-state index < -0.39 is 6.03 Å². The molecule has 0 unspecified atom stereocenters. The molecular formula is C21H22N4O2S. The predicted molar refractivity (Wildman–Crippen MR) is 115 cm³/mol. The van der Waals surface area contributed by atoms with Crippen LogP contribution in [0.25, 0.3) is 0 Å². The molecule has 0 spiro atoms. The molecule has 1 heterocycles. The first-order valence-corrected chi connectivity index (χ1v) is 9.63. The highest BCUT2D eigenvalue weighted by Gasteiger charge is 2.17. The lowest BCUT2D eigenvalue weighted by molar-refractivity contribution is 0.103. The van der Waals surface area contributed by atoms with Gasteiger partial charge in [-0.2, -0.15) is 0 Å². The second kappa shape index (κ2) is 8.22. The first-order chi connectivity index (χ1) is 13.3. The third-order valence-corrected chi connectivity index (χ3v) is 5.05. The molecule has 0 aliphatic carbocycles. The minimum atomic E-state index is -0.402. The monoisotopic (exact) mass is 394 g/mol. The van der Waals surface area contributed by atoms with E-state index in [2.05, 4.69) is 20.9 Å². The molecule has 7 heteroatoms. The Morgan fingerprint density at radius 1 is 0.821 bits per heavy atom. The van der Waals surface area contributed by atoms with Gasteiger partial charge in [-0.15, -0.1) is 0 Å². The normalized spacial score (nSPS) is 10.4. The van der Waals surface area contributed by atoms with Gasteiger partial charge < -0.3 is 10.6 Å². The number of carbonyl (C=O) groups excluding carboxylic acids is 2. The standard InChI is InChI=1S/C21H22N4O2S/c1-12-6-5-7-16(9-12)24-20(27)25-21-22-15(4)18(28-21)19(26)23-17-10-13(2)8-14(3)11-17/h5-11H,1-4H3,(H,23,26)(H2,22,24,25,27). The number of aryl methyl sites for hydroxylation is 4. The molecule has 3 amide bonds. The van der Waals surface area contributed by atoms with Gasteiger partial charge in [0.1, 0.15) is 4.88 Å². The lowest BCUT2D eigenvalue weighted by Gasteiger charge is -2.07. The Bertz CT molecular complexity index is 1020. The quantitative estimate of drug-likeness (QED) is 0.563. The Hall–Kier alpha value is -3.19. The summed E-state index contributed by atoms with van der Waals surface area (Å²) in [4.78, 5) is 29.6. The van der Waals surface area contributed by atoms with Gasteiger partial charge in [0.2, 0.25) is 0 Å². The van der Waals surface area contributed by atoms with Crippen LogP contribution < -0.4 is 16.0 Å². The van der Waals surface area contributed by atoms with Gasteiger partial charge in [0.05, 0.1) is 5.69 Å². The van der Waals surface area contributed by atoms with Gasteiger partial charge in [-0.05, 0) is 68.7 Å². The van der Waals surface area contributed by atoms with Crippen molar-refractivity contribution < 1.29 is 9.59 Å². The fraction of sp³-hybridized carbons (Fsp3) is 0.190. The minimum Gasteiger partial charge on any atom is -0.321 e. The highest BCUT2D eigenvalue weighted by molar-refractivity contribution is 7.17. The van der Waals surface area contributed by atoms with Gasteiger partial charge in [0.15, 0.2) is 5.13 Å². The van der Waals surface area contributed by atoms with Crippen molar-refractivity contribution in [1.82, 2.24) is 4.98 Å². The summed E-state index contributed by atoms with van der Waals surface area (Å²) in [7, 11) is 0. The highest BCUT2D eigenvalue weighted by Crippen LogP contribution is 2.24. The Kier molecular flexibility index (Phi) is 5.75. The van der Waals surface area contributed by atoms with Gasteiger partial charge in [-0.3, -0.25) is 10.1 Å². The number of anilines is 3. The number of aromatic nitrogens is 1. The van der Waals surface area contributed by atoms with Crippen molar-refractivity contribution in [3.05, 3.63) is 69.7 Å². The fourth-order valence-corrected chi connectivity index (χ4v) is 3.73. The van der Waals surface area contributed by atoms with Crippen molar-refractivity contribution in [2.75, 3.05) is 16.0 Å². The number of hydrogen-bond donors (Lipinski definition) is 3. The van der Waals surface area contributed by atoms with Gasteiger partial charge in [0.25, 0.3) is 5.91 Å². The molecule has 1 aromatic heterocycles. The molecule has 144 valence electrons. The van der Waals surface area contributed by atoms with Gasteiger partial charge in [0, 0.05) is 11.4 Å². The van der Waals surface area contributed by atoms with Crippen LogP contribution in [-0.4, -0.2) is 16.9 Å². The zero-order chi connectivity index (χ0) is 20.3. The average Bonchev–Trinajstić information content (AvgIpc) is 2.94. The molecule has 3 rings (SSSR count). The van der Waals surface area contributed by atoms with Crippen LogP contribution in [0.2, 0.25) is 0 Å². The summed E-state index contributed by atoms with van der Waals surface area (Å²) in [5.74, 6) is -0.243. The number of nitrogens with one attached hydrogen (secondary N) is 3. The number of nitrogens with zero attached hydrogens (tertiary/aromatic N) is 1. The first-order valence-electron chi connectivity index (χ1n) is 8.82. The Morgan fingerprint density at radius 3 is 2.18 bits per heavy atom. The summed E-state index contributed by atoms with van der Waals surface area (Å²) in [6, 6.07) is 13.0. The van der Waals surface area contributed by atoms with Crippen LogP contribution in [0.3, 0.4) is 0 Å². The van der Waals surface area contributed by atoms with Crippen molar-refractivity contribution in [3.8, 4) is 0 Å². The third kappa shape index (κ3) is 4.95. The van der Waals surface area contributed by atoms with Gasteiger partial charge >= 0.3 is 6.03 Å². The van der Waals surface area contributed by atoms with Crippen LogP contribution in [-0.2, 0) is 0 Å². The summed E-state index contributed by atoms with van der Waals surface area (Å²) in [5.41, 5.74) is 5.20. The van der Waals surface area contributed by atoms with Gasteiger partial charge in [-0.1, -0.05) is 29.5 Å². The zero-order valence-electron chi connectivity index (χ0n) is 16.2. The van der Waals surface area contributed by atoms with Crippen LogP contribution in [0.5, 0.6) is 0 Å². The van der Waals surface area contributed by atoms with E-state index in [0.29, 0.717) is 21.4 Å². The zero-order valence-corrected chi connectivity index (χ0v) is 17.0. The van der Waals surface area contributed by atoms with E-state index in [-0.39, 0.29) is 5.91 Å². The van der Waals surface area contributed by atoms with Crippen molar-refractivity contribution in [2.24, 2.45) is 0 Å². The van der Waals surface area contributed by atoms with E-state index in [9.17, 15) is 9.59 Å². The summed E-state index contributed by atoms with van der Waals surface area (Å²) < 4.78 is 0. The molecule has 0 radical (unpaired) electrons. The summed E-state index contributed by atoms with van der Waals surface area (Å²) in [6.07, 6.45) is 0. The molecule has 0 atom stereocenters.